The van der Waals surface area contributed by atoms with Crippen molar-refractivity contribution in [3.05, 3.63) is 46.8 Å². The highest BCUT2D eigenvalue weighted by molar-refractivity contribution is 6.31. The number of hydrogen-bond donors (Lipinski definition) is 3. The highest BCUT2D eigenvalue weighted by Crippen LogP contribution is 2.55. The number of halogens is 3. The largest absolute Gasteiger partial charge is 0.386 e. The fourth-order valence-electron chi connectivity index (χ4n) is 5.19. The average Bonchev–Trinajstić information content (AvgIpc) is 3.35. The van der Waals surface area contributed by atoms with Crippen LogP contribution in [-0.2, 0) is 11.8 Å². The van der Waals surface area contributed by atoms with Gasteiger partial charge in [0.2, 0.25) is 6.17 Å². The molecule has 2 fully saturated rings. The van der Waals surface area contributed by atoms with E-state index in [2.05, 4.69) is 10.3 Å². The zero-order valence-corrected chi connectivity index (χ0v) is 17.6. The summed E-state index contributed by atoms with van der Waals surface area (Å²) in [5.74, 6) is -2.13. The lowest BCUT2D eigenvalue weighted by Gasteiger charge is -2.26. The Kier molecular flexibility index (Phi) is 5.51. The molecule has 0 saturated heterocycles. The number of nitrogens with one attached hydrogen (secondary N) is 1. The van der Waals surface area contributed by atoms with Crippen LogP contribution in [0.2, 0.25) is 5.02 Å². The third-order valence-electron chi connectivity index (χ3n) is 6.54. The number of carbonyl (C=O) groups is 2. The number of rotatable bonds is 5. The molecule has 1 aromatic carbocycles. The minimum Gasteiger partial charge on any atom is -0.386 e. The second-order valence-electron chi connectivity index (χ2n) is 8.64. The van der Waals surface area contributed by atoms with Crippen molar-refractivity contribution in [1.29, 1.82) is 0 Å². The first-order valence-electron chi connectivity index (χ1n) is 10.0. The van der Waals surface area contributed by atoms with E-state index in [-0.39, 0.29) is 35.6 Å². The van der Waals surface area contributed by atoms with Gasteiger partial charge in [-0.15, -0.1) is 0 Å². The summed E-state index contributed by atoms with van der Waals surface area (Å²) in [5.41, 5.74) is 4.68. The Balaban J connectivity index is 1.50. The van der Waals surface area contributed by atoms with Crippen molar-refractivity contribution in [2.75, 3.05) is 5.32 Å². The van der Waals surface area contributed by atoms with Gasteiger partial charge >= 0.3 is 0 Å². The highest BCUT2D eigenvalue weighted by atomic mass is 35.5. The van der Waals surface area contributed by atoms with Crippen LogP contribution in [0.4, 0.5) is 14.5 Å². The van der Waals surface area contributed by atoms with Crippen molar-refractivity contribution in [3.8, 4) is 0 Å². The number of carbonyl (C=O) groups excluding carboxylic acids is 2. The summed E-state index contributed by atoms with van der Waals surface area (Å²) in [6.45, 7) is 0. The van der Waals surface area contributed by atoms with Crippen LogP contribution in [0.25, 0.3) is 0 Å². The third-order valence-corrected chi connectivity index (χ3v) is 6.83. The van der Waals surface area contributed by atoms with E-state index in [1.54, 1.807) is 17.9 Å². The van der Waals surface area contributed by atoms with Crippen molar-refractivity contribution in [1.82, 2.24) is 9.55 Å². The molecule has 0 spiro atoms. The van der Waals surface area contributed by atoms with Gasteiger partial charge in [0.15, 0.2) is 0 Å². The number of aryl methyl sites for hydroxylation is 1. The molecule has 1 heterocycles. The van der Waals surface area contributed by atoms with E-state index in [1.165, 1.54) is 18.2 Å². The molecule has 1 aromatic heterocycles. The molecule has 10 heteroatoms. The highest BCUT2D eigenvalue weighted by Gasteiger charge is 2.54. The molecule has 0 bridgehead atoms. The number of primary amides is 1. The molecule has 0 aliphatic heterocycles. The predicted octanol–water partition coefficient (Wildman–Crippen LogP) is 2.92. The first-order chi connectivity index (χ1) is 14.6. The molecule has 2 aliphatic rings. The predicted molar refractivity (Wildman–Crippen MR) is 110 cm³/mol. The van der Waals surface area contributed by atoms with Gasteiger partial charge in [-0.25, -0.2) is 13.8 Å². The molecule has 2 saturated carbocycles. The van der Waals surface area contributed by atoms with Gasteiger partial charge in [0.05, 0.1) is 17.0 Å². The number of anilines is 1. The van der Waals surface area contributed by atoms with Gasteiger partial charge in [-0.2, -0.15) is 0 Å². The van der Waals surface area contributed by atoms with E-state index in [4.69, 9.17) is 17.3 Å². The summed E-state index contributed by atoms with van der Waals surface area (Å²) in [6, 6.07) is 3.92. The maximum absolute atomic E-state index is 14.1. The topological polar surface area (TPSA) is 110 Å². The summed E-state index contributed by atoms with van der Waals surface area (Å²) in [5, 5.41) is 13.2. The molecular weight excluding hydrogens is 430 g/mol. The van der Waals surface area contributed by atoms with Gasteiger partial charge in [0, 0.05) is 18.7 Å². The Morgan fingerprint density at radius 1 is 1.35 bits per heavy atom. The lowest BCUT2D eigenvalue weighted by Crippen LogP contribution is -2.45. The Bertz CT molecular complexity index is 1030. The molecule has 7 nitrogen and oxygen atoms in total. The number of nitrogens with zero attached hydrogens (tertiary/aromatic N) is 2. The second-order valence-corrected chi connectivity index (χ2v) is 9.04. The Morgan fingerprint density at radius 2 is 2.00 bits per heavy atom. The number of nitrogens with two attached hydrogens (primary N) is 1. The van der Waals surface area contributed by atoms with Gasteiger partial charge < -0.3 is 20.7 Å². The molecule has 31 heavy (non-hydrogen) atoms. The molecule has 2 amide bonds. The number of aromatic nitrogens is 2. The minimum atomic E-state index is -2.09. The molecule has 3 unspecified atom stereocenters. The van der Waals surface area contributed by atoms with Gasteiger partial charge in [-0.05, 0) is 55.7 Å². The maximum atomic E-state index is 14.1. The average molecular weight is 453 g/mol. The monoisotopic (exact) mass is 452 g/mol. The smallest absolute Gasteiger partial charge is 0.274 e. The molecule has 4 N–H and O–H groups in total. The summed E-state index contributed by atoms with van der Waals surface area (Å²) in [4.78, 5) is 28.6. The van der Waals surface area contributed by atoms with Crippen LogP contribution >= 0.6 is 11.6 Å². The maximum Gasteiger partial charge on any atom is 0.274 e. The van der Waals surface area contributed by atoms with Crippen LogP contribution in [0.3, 0.4) is 0 Å². The van der Waals surface area contributed by atoms with Gasteiger partial charge in [-0.3, -0.25) is 9.59 Å². The molecular formula is C21H23ClF2N4O3. The Hall–Kier alpha value is -2.52. The summed E-state index contributed by atoms with van der Waals surface area (Å²) in [7, 11) is 1.71. The first-order valence-corrected chi connectivity index (χ1v) is 10.4. The molecule has 0 radical (unpaired) electrons. The number of benzene rings is 1. The van der Waals surface area contributed by atoms with Crippen LogP contribution < -0.4 is 11.1 Å². The zero-order chi connectivity index (χ0) is 22.5. The van der Waals surface area contributed by atoms with Crippen LogP contribution in [0, 0.1) is 17.7 Å². The second kappa shape index (κ2) is 7.87. The molecule has 2 aromatic rings. The lowest BCUT2D eigenvalue weighted by atomic mass is 9.89. The van der Waals surface area contributed by atoms with Crippen LogP contribution in [0.15, 0.2) is 24.5 Å². The van der Waals surface area contributed by atoms with Gasteiger partial charge in [-0.1, -0.05) is 11.6 Å². The fourth-order valence-corrected chi connectivity index (χ4v) is 5.37. The van der Waals surface area contributed by atoms with Crippen molar-refractivity contribution in [3.63, 3.8) is 0 Å². The van der Waals surface area contributed by atoms with Crippen molar-refractivity contribution < 1.29 is 23.5 Å². The normalized spacial score (nSPS) is 28.4. The van der Waals surface area contributed by atoms with Crippen LogP contribution in [0.1, 0.15) is 47.8 Å². The molecule has 2 aliphatic carbocycles. The number of amides is 2. The van der Waals surface area contributed by atoms with E-state index in [0.717, 1.165) is 0 Å². The summed E-state index contributed by atoms with van der Waals surface area (Å²) >= 11 is 5.79. The fraction of sp³-hybridized carbons (Fsp3) is 0.476. The van der Waals surface area contributed by atoms with E-state index in [1.807, 2.05) is 0 Å². The molecule has 166 valence electrons. The Morgan fingerprint density at radius 3 is 2.58 bits per heavy atom. The molecule has 3 atom stereocenters. The van der Waals surface area contributed by atoms with Crippen LogP contribution in [-0.4, -0.2) is 38.2 Å². The number of alkyl halides is 1. The van der Waals surface area contributed by atoms with Gasteiger partial charge in [0.1, 0.15) is 17.1 Å². The molecule has 4 rings (SSSR count). The quantitative estimate of drug-likeness (QED) is 0.647. The van der Waals surface area contributed by atoms with E-state index < -0.39 is 29.4 Å². The standard InChI is InChI=1S/C21H23ClF2N4O3/c1-28-9-26-16(17(28)20(30)27-13-2-3-15(23)14(22)6-13)10-4-11-7-21(31,8-12(11)5-10)18(24)19(25)29/h2-3,6,9-12,18,31H,4-5,7-8H2,1H3,(H2,25,29)(H,27,30). The summed E-state index contributed by atoms with van der Waals surface area (Å²) < 4.78 is 29.1. The number of fused-ring (bicyclic) bond motifs is 1. The van der Waals surface area contributed by atoms with E-state index in [0.29, 0.717) is 29.9 Å². The van der Waals surface area contributed by atoms with E-state index >= 15 is 0 Å². The number of aliphatic hydroxyl groups is 1. The number of hydrogen-bond acceptors (Lipinski definition) is 4. The van der Waals surface area contributed by atoms with Crippen molar-refractivity contribution >= 4 is 29.1 Å². The van der Waals surface area contributed by atoms with Gasteiger partial charge in [0.25, 0.3) is 11.8 Å². The lowest BCUT2D eigenvalue weighted by molar-refractivity contribution is -0.133. The van der Waals surface area contributed by atoms with E-state index in [9.17, 15) is 23.5 Å². The van der Waals surface area contributed by atoms with Crippen LogP contribution in [0.5, 0.6) is 0 Å². The third kappa shape index (κ3) is 3.92. The minimum absolute atomic E-state index is 0.0152. The number of imidazole rings is 1. The van der Waals surface area contributed by atoms with Crippen molar-refractivity contribution in [2.24, 2.45) is 24.6 Å². The van der Waals surface area contributed by atoms with Crippen molar-refractivity contribution in [2.45, 2.75) is 43.4 Å². The summed E-state index contributed by atoms with van der Waals surface area (Å²) in [6.07, 6.45) is 1.02. The first kappa shape index (κ1) is 21.7. The SMILES string of the molecule is Cn1cnc(C2CC3CC(O)(C(F)C(N)=O)CC3C2)c1C(=O)Nc1ccc(F)c(Cl)c1. The Labute approximate surface area is 182 Å². The zero-order valence-electron chi connectivity index (χ0n) is 16.8.